The van der Waals surface area contributed by atoms with Crippen molar-refractivity contribution in [3.8, 4) is 0 Å². The van der Waals surface area contributed by atoms with E-state index in [1.54, 1.807) is 0 Å². The van der Waals surface area contributed by atoms with Crippen molar-refractivity contribution in [2.45, 2.75) is 25.8 Å². The Morgan fingerprint density at radius 1 is 1.60 bits per heavy atom. The Morgan fingerprint density at radius 2 is 2.53 bits per heavy atom. The number of rotatable bonds is 3. The molecule has 1 aliphatic heterocycles. The second-order valence-electron chi connectivity index (χ2n) is 4.05. The van der Waals surface area contributed by atoms with Crippen LogP contribution in [0.5, 0.6) is 0 Å². The lowest BCUT2D eigenvalue weighted by Gasteiger charge is -2.34. The molecule has 0 aliphatic carbocycles. The van der Waals surface area contributed by atoms with E-state index >= 15 is 0 Å². The molecule has 1 aromatic rings. The van der Waals surface area contributed by atoms with Crippen LogP contribution in [0.2, 0.25) is 0 Å². The summed E-state index contributed by atoms with van der Waals surface area (Å²) in [6.07, 6.45) is 6.35. The highest BCUT2D eigenvalue weighted by molar-refractivity contribution is 5.44. The van der Waals surface area contributed by atoms with Gasteiger partial charge in [-0.05, 0) is 31.5 Å². The molecule has 1 saturated heterocycles. The summed E-state index contributed by atoms with van der Waals surface area (Å²) in [5.41, 5.74) is 1.25. The summed E-state index contributed by atoms with van der Waals surface area (Å²) in [4.78, 5) is 6.59. The molecule has 2 heterocycles. The molecule has 0 amide bonds. The van der Waals surface area contributed by atoms with Crippen LogP contribution in [0.15, 0.2) is 24.5 Å². The third-order valence-electron chi connectivity index (χ3n) is 2.93. The van der Waals surface area contributed by atoms with Gasteiger partial charge in [0, 0.05) is 25.3 Å². The number of aromatic nitrogens is 1. The van der Waals surface area contributed by atoms with E-state index < -0.39 is 0 Å². The number of nitrogens with one attached hydrogen (secondary N) is 1. The summed E-state index contributed by atoms with van der Waals surface area (Å²) < 4.78 is 0. The molecule has 3 heteroatoms. The number of likely N-dealkylation sites (N-methyl/N-ethyl adjacent to an activating group) is 1. The van der Waals surface area contributed by atoms with Gasteiger partial charge in [-0.25, -0.2) is 0 Å². The van der Waals surface area contributed by atoms with E-state index in [4.69, 9.17) is 0 Å². The number of hydrogen-bond donors (Lipinski definition) is 1. The normalized spacial score (nSPS) is 21.7. The maximum Gasteiger partial charge on any atom is 0.0553 e. The molecule has 0 spiro atoms. The van der Waals surface area contributed by atoms with Gasteiger partial charge < -0.3 is 10.2 Å². The van der Waals surface area contributed by atoms with Crippen LogP contribution < -0.4 is 10.2 Å². The predicted octanol–water partition coefficient (Wildman–Crippen LogP) is 1.66. The lowest BCUT2D eigenvalue weighted by molar-refractivity contribution is 0.431. The second-order valence-corrected chi connectivity index (χ2v) is 4.05. The smallest absolute Gasteiger partial charge is 0.0553 e. The third-order valence-corrected chi connectivity index (χ3v) is 2.93. The first-order valence-corrected chi connectivity index (χ1v) is 5.78. The van der Waals surface area contributed by atoms with Gasteiger partial charge in [-0.3, -0.25) is 4.98 Å². The topological polar surface area (TPSA) is 28.2 Å². The molecule has 0 bridgehead atoms. The zero-order valence-electron chi connectivity index (χ0n) is 9.32. The lowest BCUT2D eigenvalue weighted by atomic mass is 10.1. The van der Waals surface area contributed by atoms with Gasteiger partial charge in [-0.1, -0.05) is 6.92 Å². The van der Waals surface area contributed by atoms with Crippen molar-refractivity contribution < 1.29 is 0 Å². The van der Waals surface area contributed by atoms with Crippen molar-refractivity contribution >= 4 is 5.69 Å². The van der Waals surface area contributed by atoms with Crippen molar-refractivity contribution in [1.29, 1.82) is 0 Å². The zero-order chi connectivity index (χ0) is 10.5. The maximum absolute atomic E-state index is 4.17. The minimum atomic E-state index is 0.643. The van der Waals surface area contributed by atoms with Crippen molar-refractivity contribution in [1.82, 2.24) is 10.3 Å². The summed E-state index contributed by atoms with van der Waals surface area (Å²) in [6.45, 7) is 5.50. The van der Waals surface area contributed by atoms with Crippen molar-refractivity contribution in [3.63, 3.8) is 0 Å². The highest BCUT2D eigenvalue weighted by atomic mass is 15.2. The van der Waals surface area contributed by atoms with Gasteiger partial charge in [0.15, 0.2) is 0 Å². The first-order valence-electron chi connectivity index (χ1n) is 5.78. The number of piperidine rings is 1. The molecule has 82 valence electrons. The molecular weight excluding hydrogens is 186 g/mol. The number of hydrogen-bond acceptors (Lipinski definition) is 3. The minimum absolute atomic E-state index is 0.643. The van der Waals surface area contributed by atoms with Crippen LogP contribution in [-0.2, 0) is 0 Å². The predicted molar refractivity (Wildman–Crippen MR) is 63.1 cm³/mol. The van der Waals surface area contributed by atoms with Gasteiger partial charge in [0.1, 0.15) is 0 Å². The molecule has 0 radical (unpaired) electrons. The van der Waals surface area contributed by atoms with E-state index in [2.05, 4.69) is 28.2 Å². The molecule has 3 nitrogen and oxygen atoms in total. The van der Waals surface area contributed by atoms with E-state index in [0.29, 0.717) is 6.04 Å². The molecular formula is C12H19N3. The Morgan fingerprint density at radius 3 is 3.27 bits per heavy atom. The summed E-state index contributed by atoms with van der Waals surface area (Å²) >= 11 is 0. The van der Waals surface area contributed by atoms with E-state index in [0.717, 1.165) is 19.6 Å². The molecule has 1 aliphatic rings. The number of anilines is 1. The molecule has 1 atom stereocenters. The number of pyridine rings is 1. The SMILES string of the molecule is CCNC1CCCN(c2cccnc2)C1. The Bertz CT molecular complexity index is 284. The second kappa shape index (κ2) is 5.12. The minimum Gasteiger partial charge on any atom is -0.369 e. The van der Waals surface area contributed by atoms with Gasteiger partial charge in [0.05, 0.1) is 11.9 Å². The monoisotopic (exact) mass is 205 g/mol. The van der Waals surface area contributed by atoms with Gasteiger partial charge in [-0.15, -0.1) is 0 Å². The van der Waals surface area contributed by atoms with Crippen molar-refractivity contribution in [2.75, 3.05) is 24.5 Å². The summed E-state index contributed by atoms with van der Waals surface area (Å²) in [5, 5.41) is 3.52. The quantitative estimate of drug-likeness (QED) is 0.813. The first-order chi connectivity index (χ1) is 7.40. The molecule has 15 heavy (non-hydrogen) atoms. The summed E-state index contributed by atoms with van der Waals surface area (Å²) in [7, 11) is 0. The fourth-order valence-electron chi connectivity index (χ4n) is 2.21. The third kappa shape index (κ3) is 2.69. The van der Waals surface area contributed by atoms with Gasteiger partial charge in [0.25, 0.3) is 0 Å². The average Bonchev–Trinajstić information content (AvgIpc) is 2.31. The Kier molecular flexibility index (Phi) is 3.56. The standard InChI is InChI=1S/C12H19N3/c1-2-14-11-5-4-8-15(10-11)12-6-3-7-13-9-12/h3,6-7,9,11,14H,2,4-5,8,10H2,1H3. The number of nitrogens with zero attached hydrogens (tertiary/aromatic N) is 2. The Hall–Kier alpha value is -1.09. The van der Waals surface area contributed by atoms with Crippen LogP contribution in [-0.4, -0.2) is 30.7 Å². The van der Waals surface area contributed by atoms with E-state index in [-0.39, 0.29) is 0 Å². The summed E-state index contributed by atoms with van der Waals surface area (Å²) in [5.74, 6) is 0. The van der Waals surface area contributed by atoms with Gasteiger partial charge >= 0.3 is 0 Å². The van der Waals surface area contributed by atoms with E-state index in [1.165, 1.54) is 18.5 Å². The molecule has 1 fully saturated rings. The Balaban J connectivity index is 1.98. The molecule has 0 aromatic carbocycles. The highest BCUT2D eigenvalue weighted by Gasteiger charge is 2.18. The molecule has 1 aromatic heterocycles. The lowest BCUT2D eigenvalue weighted by Crippen LogP contribution is -2.45. The van der Waals surface area contributed by atoms with Crippen LogP contribution in [0, 0.1) is 0 Å². The van der Waals surface area contributed by atoms with Gasteiger partial charge in [0.2, 0.25) is 0 Å². The largest absolute Gasteiger partial charge is 0.369 e. The van der Waals surface area contributed by atoms with Crippen LogP contribution in [0.1, 0.15) is 19.8 Å². The summed E-state index contributed by atoms with van der Waals surface area (Å²) in [6, 6.07) is 4.79. The van der Waals surface area contributed by atoms with Crippen LogP contribution in [0.4, 0.5) is 5.69 Å². The molecule has 2 rings (SSSR count). The highest BCUT2D eigenvalue weighted by Crippen LogP contribution is 2.18. The first kappa shape index (κ1) is 10.4. The van der Waals surface area contributed by atoms with E-state index in [9.17, 15) is 0 Å². The molecule has 1 unspecified atom stereocenters. The fraction of sp³-hybridized carbons (Fsp3) is 0.583. The van der Waals surface area contributed by atoms with Crippen LogP contribution in [0.25, 0.3) is 0 Å². The zero-order valence-corrected chi connectivity index (χ0v) is 9.32. The van der Waals surface area contributed by atoms with Crippen molar-refractivity contribution in [2.24, 2.45) is 0 Å². The Labute approximate surface area is 91.5 Å². The fourth-order valence-corrected chi connectivity index (χ4v) is 2.21. The molecule has 1 N–H and O–H groups in total. The van der Waals surface area contributed by atoms with Gasteiger partial charge in [-0.2, -0.15) is 0 Å². The van der Waals surface area contributed by atoms with E-state index in [1.807, 2.05) is 18.5 Å². The van der Waals surface area contributed by atoms with Crippen LogP contribution >= 0.6 is 0 Å². The average molecular weight is 205 g/mol. The van der Waals surface area contributed by atoms with Crippen molar-refractivity contribution in [3.05, 3.63) is 24.5 Å². The molecule has 0 saturated carbocycles. The maximum atomic E-state index is 4.17. The van der Waals surface area contributed by atoms with Crippen LogP contribution in [0.3, 0.4) is 0 Å².